The summed E-state index contributed by atoms with van der Waals surface area (Å²) >= 11 is 12.5. The van der Waals surface area contributed by atoms with Crippen molar-refractivity contribution in [3.63, 3.8) is 0 Å². The summed E-state index contributed by atoms with van der Waals surface area (Å²) in [6.07, 6.45) is 3.65. The zero-order valence-electron chi connectivity index (χ0n) is 11.8. The Bertz CT molecular complexity index is 397. The van der Waals surface area contributed by atoms with Crippen molar-refractivity contribution in [2.75, 3.05) is 13.1 Å². The molecular formula is C16H23Cl2N. The van der Waals surface area contributed by atoms with Crippen LogP contribution in [0.5, 0.6) is 0 Å². The lowest BCUT2D eigenvalue weighted by Crippen LogP contribution is -2.37. The van der Waals surface area contributed by atoms with Crippen LogP contribution < -0.4 is 5.32 Å². The molecule has 1 nitrogen and oxygen atoms in total. The SMILES string of the molecule is CC(C)CNCC1CCC1Cc1c(Cl)cccc1Cl. The lowest BCUT2D eigenvalue weighted by Gasteiger charge is -2.37. The van der Waals surface area contributed by atoms with Gasteiger partial charge in [0.15, 0.2) is 0 Å². The van der Waals surface area contributed by atoms with Crippen LogP contribution in [0, 0.1) is 17.8 Å². The highest BCUT2D eigenvalue weighted by atomic mass is 35.5. The molecule has 3 heteroatoms. The van der Waals surface area contributed by atoms with Crippen LogP contribution >= 0.6 is 23.2 Å². The van der Waals surface area contributed by atoms with E-state index in [0.29, 0.717) is 0 Å². The molecule has 19 heavy (non-hydrogen) atoms. The fourth-order valence-electron chi connectivity index (χ4n) is 2.72. The summed E-state index contributed by atoms with van der Waals surface area (Å²) in [6.45, 7) is 6.73. The zero-order chi connectivity index (χ0) is 13.8. The minimum atomic E-state index is 0.719. The average molecular weight is 300 g/mol. The summed E-state index contributed by atoms with van der Waals surface area (Å²) in [5, 5.41) is 5.19. The van der Waals surface area contributed by atoms with E-state index in [9.17, 15) is 0 Å². The molecule has 1 aliphatic carbocycles. The van der Waals surface area contributed by atoms with E-state index in [-0.39, 0.29) is 0 Å². The van der Waals surface area contributed by atoms with Gasteiger partial charge in [-0.05, 0) is 67.8 Å². The van der Waals surface area contributed by atoms with E-state index in [1.807, 2.05) is 18.2 Å². The monoisotopic (exact) mass is 299 g/mol. The highest BCUT2D eigenvalue weighted by Crippen LogP contribution is 2.39. The van der Waals surface area contributed by atoms with E-state index in [4.69, 9.17) is 23.2 Å². The third-order valence-corrected chi connectivity index (χ3v) is 4.77. The van der Waals surface area contributed by atoms with Gasteiger partial charge in [0, 0.05) is 10.0 Å². The Morgan fingerprint density at radius 2 is 1.79 bits per heavy atom. The van der Waals surface area contributed by atoms with E-state index >= 15 is 0 Å². The van der Waals surface area contributed by atoms with Crippen LogP contribution in [-0.4, -0.2) is 13.1 Å². The first-order chi connectivity index (χ1) is 9.08. The van der Waals surface area contributed by atoms with Crippen molar-refractivity contribution in [2.24, 2.45) is 17.8 Å². The fourth-order valence-corrected chi connectivity index (χ4v) is 3.27. The molecule has 2 rings (SSSR count). The van der Waals surface area contributed by atoms with Gasteiger partial charge in [0.25, 0.3) is 0 Å². The van der Waals surface area contributed by atoms with Gasteiger partial charge in [0.2, 0.25) is 0 Å². The smallest absolute Gasteiger partial charge is 0.0452 e. The van der Waals surface area contributed by atoms with Gasteiger partial charge in [-0.25, -0.2) is 0 Å². The lowest BCUT2D eigenvalue weighted by atomic mass is 9.70. The normalized spacial score (nSPS) is 22.6. The van der Waals surface area contributed by atoms with Crippen molar-refractivity contribution in [3.8, 4) is 0 Å². The number of rotatable bonds is 6. The van der Waals surface area contributed by atoms with Crippen LogP contribution in [0.3, 0.4) is 0 Å². The Morgan fingerprint density at radius 3 is 2.32 bits per heavy atom. The molecule has 1 saturated carbocycles. The number of nitrogens with one attached hydrogen (secondary N) is 1. The summed E-state index contributed by atoms with van der Waals surface area (Å²) in [5.41, 5.74) is 1.13. The molecule has 2 atom stereocenters. The topological polar surface area (TPSA) is 12.0 Å². The molecule has 2 unspecified atom stereocenters. The maximum atomic E-state index is 6.25. The summed E-state index contributed by atoms with van der Waals surface area (Å²) in [6, 6.07) is 5.79. The van der Waals surface area contributed by atoms with Gasteiger partial charge in [0.1, 0.15) is 0 Å². The second kappa shape index (κ2) is 6.97. The van der Waals surface area contributed by atoms with E-state index in [1.54, 1.807) is 0 Å². The number of halogens is 2. The molecule has 0 spiro atoms. The highest BCUT2D eigenvalue weighted by Gasteiger charge is 2.31. The van der Waals surface area contributed by atoms with Crippen molar-refractivity contribution < 1.29 is 0 Å². The molecule has 0 aliphatic heterocycles. The first-order valence-electron chi connectivity index (χ1n) is 7.21. The summed E-state index contributed by atoms with van der Waals surface area (Å²) in [5.74, 6) is 2.24. The van der Waals surface area contributed by atoms with E-state index in [0.717, 1.165) is 52.9 Å². The maximum Gasteiger partial charge on any atom is 0.0452 e. The second-order valence-electron chi connectivity index (χ2n) is 6.05. The highest BCUT2D eigenvalue weighted by molar-refractivity contribution is 6.35. The van der Waals surface area contributed by atoms with Crippen molar-refractivity contribution in [2.45, 2.75) is 33.1 Å². The first-order valence-corrected chi connectivity index (χ1v) is 7.97. The Kier molecular flexibility index (Phi) is 5.56. The third kappa shape index (κ3) is 4.11. The van der Waals surface area contributed by atoms with Gasteiger partial charge in [-0.2, -0.15) is 0 Å². The second-order valence-corrected chi connectivity index (χ2v) is 6.87. The molecule has 0 aromatic heterocycles. The molecule has 0 saturated heterocycles. The Hall–Kier alpha value is -0.240. The minimum absolute atomic E-state index is 0.719. The van der Waals surface area contributed by atoms with E-state index in [1.165, 1.54) is 12.8 Å². The maximum absolute atomic E-state index is 6.25. The first kappa shape index (κ1) is 15.2. The molecule has 0 radical (unpaired) electrons. The van der Waals surface area contributed by atoms with Crippen LogP contribution in [0.2, 0.25) is 10.0 Å². The van der Waals surface area contributed by atoms with Crippen molar-refractivity contribution >= 4 is 23.2 Å². The Labute approximate surface area is 126 Å². The Balaban J connectivity index is 1.86. The quantitative estimate of drug-likeness (QED) is 0.795. The molecule has 1 aliphatic rings. The molecule has 1 aromatic carbocycles. The summed E-state index contributed by atoms with van der Waals surface area (Å²) < 4.78 is 0. The summed E-state index contributed by atoms with van der Waals surface area (Å²) in [4.78, 5) is 0. The molecule has 106 valence electrons. The number of hydrogen-bond acceptors (Lipinski definition) is 1. The predicted molar refractivity (Wildman–Crippen MR) is 84.1 cm³/mol. The van der Waals surface area contributed by atoms with Gasteiger partial charge < -0.3 is 5.32 Å². The fraction of sp³-hybridized carbons (Fsp3) is 0.625. The van der Waals surface area contributed by atoms with Gasteiger partial charge >= 0.3 is 0 Å². The van der Waals surface area contributed by atoms with E-state index in [2.05, 4.69) is 19.2 Å². The van der Waals surface area contributed by atoms with Gasteiger partial charge in [0.05, 0.1) is 0 Å². The zero-order valence-corrected chi connectivity index (χ0v) is 13.3. The molecule has 0 amide bonds. The molecule has 0 bridgehead atoms. The van der Waals surface area contributed by atoms with E-state index < -0.39 is 0 Å². The van der Waals surface area contributed by atoms with Crippen LogP contribution in [0.4, 0.5) is 0 Å². The van der Waals surface area contributed by atoms with Crippen molar-refractivity contribution in [1.82, 2.24) is 5.32 Å². The van der Waals surface area contributed by atoms with Crippen LogP contribution in [0.25, 0.3) is 0 Å². The standard InChI is InChI=1S/C16H23Cl2N/c1-11(2)9-19-10-13-7-6-12(13)8-14-15(17)4-3-5-16(14)18/h3-5,11-13,19H,6-10H2,1-2H3. The summed E-state index contributed by atoms with van der Waals surface area (Å²) in [7, 11) is 0. The van der Waals surface area contributed by atoms with Crippen LogP contribution in [-0.2, 0) is 6.42 Å². The molecule has 1 aromatic rings. The van der Waals surface area contributed by atoms with Crippen molar-refractivity contribution in [3.05, 3.63) is 33.8 Å². The van der Waals surface area contributed by atoms with Gasteiger partial charge in [-0.3, -0.25) is 0 Å². The van der Waals surface area contributed by atoms with Crippen molar-refractivity contribution in [1.29, 1.82) is 0 Å². The third-order valence-electron chi connectivity index (χ3n) is 4.06. The minimum Gasteiger partial charge on any atom is -0.316 e. The molecule has 1 fully saturated rings. The predicted octanol–water partition coefficient (Wildman–Crippen LogP) is 4.81. The molecule has 1 N–H and O–H groups in total. The van der Waals surface area contributed by atoms with Gasteiger partial charge in [-0.1, -0.05) is 43.1 Å². The lowest BCUT2D eigenvalue weighted by molar-refractivity contribution is 0.169. The number of hydrogen-bond donors (Lipinski definition) is 1. The van der Waals surface area contributed by atoms with Gasteiger partial charge in [-0.15, -0.1) is 0 Å². The molecule has 0 heterocycles. The largest absolute Gasteiger partial charge is 0.316 e. The van der Waals surface area contributed by atoms with Crippen LogP contribution in [0.15, 0.2) is 18.2 Å². The molecular weight excluding hydrogens is 277 g/mol. The Morgan fingerprint density at radius 1 is 1.16 bits per heavy atom. The number of benzene rings is 1. The average Bonchev–Trinajstić information content (AvgIpc) is 2.32. The van der Waals surface area contributed by atoms with Crippen LogP contribution in [0.1, 0.15) is 32.3 Å².